The lowest BCUT2D eigenvalue weighted by molar-refractivity contribution is -0.187. The average molecular weight is 455 g/mol. The average Bonchev–Trinajstić information content (AvgIpc) is 3.03. The number of carbonyl (C=O) groups excluding carboxylic acids is 1. The van der Waals surface area contributed by atoms with E-state index in [9.17, 15) is 9.90 Å². The van der Waals surface area contributed by atoms with Crippen molar-refractivity contribution in [1.29, 1.82) is 0 Å². The Morgan fingerprint density at radius 2 is 1.77 bits per heavy atom. The van der Waals surface area contributed by atoms with Gasteiger partial charge < -0.3 is 19.5 Å². The van der Waals surface area contributed by atoms with Gasteiger partial charge in [0.2, 0.25) is 0 Å². The summed E-state index contributed by atoms with van der Waals surface area (Å²) in [6.07, 6.45) is 1.49. The normalized spacial score (nSPS) is 20.8. The van der Waals surface area contributed by atoms with Crippen LogP contribution in [0.1, 0.15) is 70.9 Å². The van der Waals surface area contributed by atoms with Crippen molar-refractivity contribution in [2.24, 2.45) is 0 Å². The van der Waals surface area contributed by atoms with E-state index in [2.05, 4.69) is 33.9 Å². The third-order valence-electron chi connectivity index (χ3n) is 6.70. The van der Waals surface area contributed by atoms with Gasteiger partial charge in [0, 0.05) is 18.0 Å². The molecule has 1 aromatic rings. The zero-order chi connectivity index (χ0) is 22.5. The standard InChI is InChI=1S/C22H38N2O4SSi/c1-20(2,3)28-19(25)24-11-9-15(10-12-24)16-17(22(26)13-27-14-22)23-18(29-16)30(7,8)21(4,5)6/h15,26H,9-14H2,1-8H3. The molecule has 30 heavy (non-hydrogen) atoms. The molecule has 8 heteroatoms. The van der Waals surface area contributed by atoms with E-state index in [1.807, 2.05) is 20.8 Å². The van der Waals surface area contributed by atoms with Crippen LogP contribution in [0.15, 0.2) is 0 Å². The predicted octanol–water partition coefficient (Wildman–Crippen LogP) is 4.19. The van der Waals surface area contributed by atoms with Gasteiger partial charge in [-0.1, -0.05) is 33.9 Å². The van der Waals surface area contributed by atoms with E-state index in [-0.39, 0.29) is 11.1 Å². The van der Waals surface area contributed by atoms with Gasteiger partial charge in [-0.05, 0) is 44.6 Å². The summed E-state index contributed by atoms with van der Waals surface area (Å²) >= 11 is 1.80. The molecule has 3 heterocycles. The van der Waals surface area contributed by atoms with Crippen LogP contribution in [-0.4, -0.2) is 61.1 Å². The van der Waals surface area contributed by atoms with Crippen molar-refractivity contribution >= 4 is 30.1 Å². The maximum Gasteiger partial charge on any atom is 0.410 e. The van der Waals surface area contributed by atoms with E-state index in [4.69, 9.17) is 14.5 Å². The van der Waals surface area contributed by atoms with Gasteiger partial charge in [0.25, 0.3) is 0 Å². The fourth-order valence-corrected chi connectivity index (χ4v) is 7.99. The number of hydrogen-bond donors (Lipinski definition) is 1. The first-order chi connectivity index (χ1) is 13.6. The van der Waals surface area contributed by atoms with Gasteiger partial charge in [-0.3, -0.25) is 0 Å². The Morgan fingerprint density at radius 3 is 2.20 bits per heavy atom. The van der Waals surface area contributed by atoms with Crippen molar-refractivity contribution in [3.05, 3.63) is 10.6 Å². The number of aliphatic hydroxyl groups is 1. The van der Waals surface area contributed by atoms with Crippen LogP contribution in [0, 0.1) is 0 Å². The van der Waals surface area contributed by atoms with Gasteiger partial charge in [0.05, 0.1) is 23.5 Å². The van der Waals surface area contributed by atoms with Gasteiger partial charge in [-0.25, -0.2) is 9.78 Å². The minimum atomic E-state index is -1.81. The molecule has 0 unspecified atom stereocenters. The third-order valence-corrected chi connectivity index (χ3v) is 14.5. The number of piperidine rings is 1. The summed E-state index contributed by atoms with van der Waals surface area (Å²) in [6.45, 7) is 19.3. The highest BCUT2D eigenvalue weighted by Crippen LogP contribution is 2.43. The van der Waals surface area contributed by atoms with Gasteiger partial charge >= 0.3 is 6.09 Å². The quantitative estimate of drug-likeness (QED) is 0.693. The van der Waals surface area contributed by atoms with Crippen molar-refractivity contribution in [2.75, 3.05) is 26.3 Å². The van der Waals surface area contributed by atoms with Crippen LogP contribution >= 0.6 is 11.3 Å². The lowest BCUT2D eigenvalue weighted by Gasteiger charge is -2.38. The molecular weight excluding hydrogens is 416 g/mol. The zero-order valence-electron chi connectivity index (χ0n) is 19.8. The maximum atomic E-state index is 12.4. The largest absolute Gasteiger partial charge is 0.444 e. The Morgan fingerprint density at radius 1 is 1.20 bits per heavy atom. The van der Waals surface area contributed by atoms with Crippen molar-refractivity contribution < 1.29 is 19.4 Å². The minimum absolute atomic E-state index is 0.179. The Kier molecular flexibility index (Phi) is 6.21. The van der Waals surface area contributed by atoms with Crippen LogP contribution < -0.4 is 4.63 Å². The number of likely N-dealkylation sites (tertiary alicyclic amines) is 1. The highest BCUT2D eigenvalue weighted by Gasteiger charge is 2.47. The first kappa shape index (κ1) is 23.7. The summed E-state index contributed by atoms with van der Waals surface area (Å²) in [5.74, 6) is 0.305. The van der Waals surface area contributed by atoms with E-state index in [1.54, 1.807) is 16.2 Å². The Bertz CT molecular complexity index is 782. The summed E-state index contributed by atoms with van der Waals surface area (Å²) in [5.41, 5.74) is -0.617. The molecule has 2 aliphatic heterocycles. The van der Waals surface area contributed by atoms with E-state index < -0.39 is 19.3 Å². The number of amides is 1. The summed E-state index contributed by atoms with van der Waals surface area (Å²) in [6, 6.07) is 0. The van der Waals surface area contributed by atoms with Crippen LogP contribution in [-0.2, 0) is 15.1 Å². The topological polar surface area (TPSA) is 71.9 Å². The first-order valence-corrected chi connectivity index (χ1v) is 14.8. The molecule has 1 aromatic heterocycles. The van der Waals surface area contributed by atoms with Crippen molar-refractivity contribution in [1.82, 2.24) is 9.88 Å². The van der Waals surface area contributed by atoms with Gasteiger partial charge in [-0.2, -0.15) is 0 Å². The van der Waals surface area contributed by atoms with Crippen molar-refractivity contribution in [3.63, 3.8) is 0 Å². The fourth-order valence-electron chi connectivity index (χ4n) is 3.61. The Hall–Kier alpha value is -0.963. The molecule has 1 N–H and O–H groups in total. The molecule has 0 aromatic carbocycles. The number of rotatable bonds is 3. The highest BCUT2D eigenvalue weighted by atomic mass is 32.1. The van der Waals surface area contributed by atoms with Crippen LogP contribution in [0.25, 0.3) is 0 Å². The van der Waals surface area contributed by atoms with E-state index in [1.165, 1.54) is 9.51 Å². The monoisotopic (exact) mass is 454 g/mol. The molecule has 6 nitrogen and oxygen atoms in total. The molecule has 0 bridgehead atoms. The molecule has 2 fully saturated rings. The number of ether oxygens (including phenoxy) is 2. The molecule has 3 rings (SSSR count). The maximum absolute atomic E-state index is 12.4. The minimum Gasteiger partial charge on any atom is -0.444 e. The molecule has 2 aliphatic rings. The highest BCUT2D eigenvalue weighted by molar-refractivity contribution is 7.26. The number of thiazole rings is 1. The second-order valence-electron chi connectivity index (χ2n) is 11.4. The molecule has 170 valence electrons. The summed E-state index contributed by atoms with van der Waals surface area (Å²) in [4.78, 5) is 20.5. The Balaban J connectivity index is 1.83. The summed E-state index contributed by atoms with van der Waals surface area (Å²) in [7, 11) is -1.81. The number of aromatic nitrogens is 1. The second-order valence-corrected chi connectivity index (χ2v) is 18.0. The van der Waals surface area contributed by atoms with Crippen LogP contribution in [0.5, 0.6) is 0 Å². The van der Waals surface area contributed by atoms with Crippen LogP contribution in [0.3, 0.4) is 0 Å². The molecule has 0 atom stereocenters. The van der Waals surface area contributed by atoms with E-state index >= 15 is 0 Å². The van der Waals surface area contributed by atoms with Crippen molar-refractivity contribution in [2.45, 2.75) is 89.6 Å². The van der Waals surface area contributed by atoms with Gasteiger partial charge in [-0.15, -0.1) is 11.3 Å². The molecule has 2 saturated heterocycles. The first-order valence-electron chi connectivity index (χ1n) is 10.9. The Labute approximate surface area is 186 Å². The lowest BCUT2D eigenvalue weighted by atomic mass is 9.88. The third kappa shape index (κ3) is 4.61. The van der Waals surface area contributed by atoms with E-state index in [0.29, 0.717) is 32.2 Å². The molecule has 0 aliphatic carbocycles. The summed E-state index contributed by atoms with van der Waals surface area (Å²) < 4.78 is 12.1. The summed E-state index contributed by atoms with van der Waals surface area (Å²) in [5, 5.41) is 11.3. The second kappa shape index (κ2) is 7.87. The van der Waals surface area contributed by atoms with Crippen LogP contribution in [0.4, 0.5) is 4.79 Å². The fraction of sp³-hybridized carbons (Fsp3) is 0.818. The number of nitrogens with zero attached hydrogens (tertiary/aromatic N) is 2. The van der Waals surface area contributed by atoms with Crippen molar-refractivity contribution in [3.8, 4) is 0 Å². The van der Waals surface area contributed by atoms with Gasteiger partial charge in [0.15, 0.2) is 5.60 Å². The van der Waals surface area contributed by atoms with E-state index in [0.717, 1.165) is 18.5 Å². The lowest BCUT2D eigenvalue weighted by Crippen LogP contribution is -2.51. The number of carbonyl (C=O) groups is 1. The SMILES string of the molecule is CC(C)(C)OC(=O)N1CCC(c2sc([Si](C)(C)C(C)(C)C)nc2C2(O)COC2)CC1. The molecule has 0 spiro atoms. The molecule has 1 amide bonds. The zero-order valence-corrected chi connectivity index (χ0v) is 21.6. The predicted molar refractivity (Wildman–Crippen MR) is 123 cm³/mol. The smallest absolute Gasteiger partial charge is 0.410 e. The molecular formula is C22H38N2O4SSi. The number of hydrogen-bond acceptors (Lipinski definition) is 6. The molecule has 0 saturated carbocycles. The van der Waals surface area contributed by atoms with Gasteiger partial charge in [0.1, 0.15) is 13.7 Å². The van der Waals surface area contributed by atoms with Crippen LogP contribution in [0.2, 0.25) is 18.1 Å². The molecule has 0 radical (unpaired) electrons.